The molecule has 3 rings (SSSR count). The van der Waals surface area contributed by atoms with Gasteiger partial charge in [0.2, 0.25) is 11.8 Å². The number of unbranched alkanes of at least 4 members (excludes halogenated alkanes) is 3. The number of amides is 2. The summed E-state index contributed by atoms with van der Waals surface area (Å²) in [5.74, 6) is 0.412. The number of anilines is 1. The molecule has 0 atom stereocenters. The fourth-order valence-corrected chi connectivity index (χ4v) is 5.77. The van der Waals surface area contributed by atoms with Crippen LogP contribution in [0.5, 0.6) is 5.75 Å². The minimum Gasteiger partial charge on any atom is -0.494 e. The molecule has 44 heavy (non-hydrogen) atoms. The van der Waals surface area contributed by atoms with Crippen molar-refractivity contribution in [3.63, 3.8) is 0 Å². The Morgan fingerprint density at radius 2 is 1.80 bits per heavy atom. The summed E-state index contributed by atoms with van der Waals surface area (Å²) in [4.78, 5) is 42.6. The molecule has 9 heteroatoms. The molecule has 2 amide bonds. The maximum absolute atomic E-state index is 13.3. The third kappa shape index (κ3) is 11.9. The van der Waals surface area contributed by atoms with Crippen molar-refractivity contribution in [2.45, 2.75) is 125 Å². The van der Waals surface area contributed by atoms with Crippen molar-refractivity contribution in [1.82, 2.24) is 15.2 Å². The molecule has 0 aromatic heterocycles. The summed E-state index contributed by atoms with van der Waals surface area (Å²) in [5, 5.41) is 1.79. The van der Waals surface area contributed by atoms with E-state index in [4.69, 9.17) is 9.47 Å². The molecule has 0 unspecified atom stereocenters. The average molecular weight is 615 g/mol. The first kappa shape index (κ1) is 35.7. The van der Waals surface area contributed by atoms with Gasteiger partial charge in [-0.1, -0.05) is 80.1 Å². The first-order chi connectivity index (χ1) is 21.0. The van der Waals surface area contributed by atoms with Crippen molar-refractivity contribution in [1.29, 1.82) is 0 Å². The van der Waals surface area contributed by atoms with Gasteiger partial charge in [-0.3, -0.25) is 29.7 Å². The SMILES string of the molecule is CCCCCCN(C(=O)CCCOc1ccc2c(c1)CN(CC(=O)OCC(C)(C)C)CN2NC(=O)C(C)C)C1CCCCC1. The second-order valence-corrected chi connectivity index (χ2v) is 14.1. The molecule has 1 N–H and O–H groups in total. The van der Waals surface area contributed by atoms with Crippen LogP contribution < -0.4 is 15.2 Å². The van der Waals surface area contributed by atoms with Gasteiger partial charge in [-0.25, -0.2) is 0 Å². The standard InChI is InChI=1S/C35H58N4O5/c1-7-8-9-13-20-38(29-15-11-10-12-16-29)32(40)17-14-21-43-30-18-19-31-28(22-30)23-37(24-33(41)44-25-35(4,5)6)26-39(31)36-34(42)27(2)3/h18-19,22,27,29H,7-17,20-21,23-26H2,1-6H3,(H,36,42). The first-order valence-electron chi connectivity index (χ1n) is 17.0. The van der Waals surface area contributed by atoms with Gasteiger partial charge in [-0.05, 0) is 54.9 Å². The summed E-state index contributed by atoms with van der Waals surface area (Å²) in [5.41, 5.74) is 4.72. The number of carbonyl (C=O) groups is 3. The number of ether oxygens (including phenoxy) is 2. The van der Waals surface area contributed by atoms with E-state index in [-0.39, 0.29) is 35.7 Å². The lowest BCUT2D eigenvalue weighted by Gasteiger charge is -2.38. The van der Waals surface area contributed by atoms with E-state index in [0.717, 1.165) is 37.1 Å². The van der Waals surface area contributed by atoms with Gasteiger partial charge in [0, 0.05) is 31.5 Å². The van der Waals surface area contributed by atoms with Crippen molar-refractivity contribution >= 4 is 23.5 Å². The monoisotopic (exact) mass is 614 g/mol. The van der Waals surface area contributed by atoms with Crippen molar-refractivity contribution in [2.24, 2.45) is 11.3 Å². The maximum Gasteiger partial charge on any atom is 0.320 e. The Balaban J connectivity index is 1.59. The van der Waals surface area contributed by atoms with Crippen LogP contribution in [0.1, 0.15) is 118 Å². The summed E-state index contributed by atoms with van der Waals surface area (Å²) in [6.45, 7) is 14.7. The molecule has 1 aromatic rings. The van der Waals surface area contributed by atoms with E-state index in [2.05, 4.69) is 17.2 Å². The average Bonchev–Trinajstić information content (AvgIpc) is 2.98. The third-order valence-electron chi connectivity index (χ3n) is 8.26. The Morgan fingerprint density at radius 3 is 2.48 bits per heavy atom. The molecule has 1 saturated carbocycles. The predicted molar refractivity (Wildman–Crippen MR) is 175 cm³/mol. The Bertz CT molecular complexity index is 1060. The van der Waals surface area contributed by atoms with E-state index in [1.54, 1.807) is 5.01 Å². The van der Waals surface area contributed by atoms with E-state index < -0.39 is 0 Å². The zero-order chi connectivity index (χ0) is 32.1. The Hall–Kier alpha value is -2.81. The fourth-order valence-electron chi connectivity index (χ4n) is 5.77. The zero-order valence-electron chi connectivity index (χ0n) is 28.3. The number of fused-ring (bicyclic) bond motifs is 1. The minimum atomic E-state index is -0.289. The van der Waals surface area contributed by atoms with Crippen LogP contribution >= 0.6 is 0 Å². The smallest absolute Gasteiger partial charge is 0.320 e. The zero-order valence-corrected chi connectivity index (χ0v) is 28.3. The second-order valence-electron chi connectivity index (χ2n) is 14.1. The van der Waals surface area contributed by atoms with Gasteiger partial charge in [0.05, 0.1) is 32.1 Å². The normalized spacial score (nSPS) is 16.0. The Labute approximate surface area is 266 Å². The van der Waals surface area contributed by atoms with Crippen LogP contribution in [0, 0.1) is 11.3 Å². The summed E-state index contributed by atoms with van der Waals surface area (Å²) in [7, 11) is 0. The lowest BCUT2D eigenvalue weighted by atomic mass is 9.93. The number of hydrogen-bond donors (Lipinski definition) is 1. The molecule has 1 aromatic carbocycles. The fraction of sp³-hybridized carbons (Fsp3) is 0.743. The number of rotatable bonds is 16. The van der Waals surface area contributed by atoms with Crippen molar-refractivity contribution < 1.29 is 23.9 Å². The summed E-state index contributed by atoms with van der Waals surface area (Å²) in [6.07, 6.45) is 11.8. The van der Waals surface area contributed by atoms with E-state index in [1.807, 2.05) is 57.7 Å². The largest absolute Gasteiger partial charge is 0.494 e. The summed E-state index contributed by atoms with van der Waals surface area (Å²) < 4.78 is 11.6. The molecule has 1 fully saturated rings. The highest BCUT2D eigenvalue weighted by molar-refractivity contribution is 5.80. The molecule has 2 aliphatic rings. The number of nitrogens with one attached hydrogen (secondary N) is 1. The van der Waals surface area contributed by atoms with Crippen LogP contribution in [0.15, 0.2) is 18.2 Å². The van der Waals surface area contributed by atoms with Gasteiger partial charge in [0.1, 0.15) is 5.75 Å². The molecule has 0 spiro atoms. The van der Waals surface area contributed by atoms with Crippen molar-refractivity contribution in [3.05, 3.63) is 23.8 Å². The molecule has 248 valence electrons. The minimum absolute atomic E-state index is 0.0919. The van der Waals surface area contributed by atoms with Gasteiger partial charge in [0.25, 0.3) is 0 Å². The van der Waals surface area contributed by atoms with Gasteiger partial charge in [0.15, 0.2) is 0 Å². The molecule has 1 heterocycles. The number of esters is 1. The van der Waals surface area contributed by atoms with Gasteiger partial charge < -0.3 is 14.4 Å². The van der Waals surface area contributed by atoms with E-state index in [0.29, 0.717) is 51.1 Å². The topological polar surface area (TPSA) is 91.4 Å². The predicted octanol–water partition coefficient (Wildman–Crippen LogP) is 6.44. The number of hydrogen-bond acceptors (Lipinski definition) is 7. The lowest BCUT2D eigenvalue weighted by Crippen LogP contribution is -2.53. The highest BCUT2D eigenvalue weighted by atomic mass is 16.5. The van der Waals surface area contributed by atoms with Gasteiger partial charge >= 0.3 is 5.97 Å². The molecule has 1 aliphatic carbocycles. The van der Waals surface area contributed by atoms with E-state index >= 15 is 0 Å². The summed E-state index contributed by atoms with van der Waals surface area (Å²) in [6, 6.07) is 6.23. The van der Waals surface area contributed by atoms with Crippen LogP contribution in [-0.4, -0.2) is 66.6 Å². The van der Waals surface area contributed by atoms with Crippen LogP contribution in [-0.2, 0) is 25.7 Å². The van der Waals surface area contributed by atoms with Gasteiger partial charge in [-0.15, -0.1) is 0 Å². The quantitative estimate of drug-likeness (QED) is 0.169. The molecule has 0 saturated heterocycles. The molecular formula is C35H58N4O5. The molecule has 0 bridgehead atoms. The van der Waals surface area contributed by atoms with Crippen LogP contribution in [0.2, 0.25) is 0 Å². The maximum atomic E-state index is 13.3. The number of nitrogens with zero attached hydrogens (tertiary/aromatic N) is 3. The van der Waals surface area contributed by atoms with Crippen LogP contribution in [0.25, 0.3) is 0 Å². The van der Waals surface area contributed by atoms with Crippen LogP contribution in [0.3, 0.4) is 0 Å². The first-order valence-corrected chi connectivity index (χ1v) is 17.0. The van der Waals surface area contributed by atoms with Crippen molar-refractivity contribution in [3.8, 4) is 5.75 Å². The Morgan fingerprint density at radius 1 is 1.05 bits per heavy atom. The van der Waals surface area contributed by atoms with Gasteiger partial charge in [-0.2, -0.15) is 0 Å². The number of carbonyl (C=O) groups excluding carboxylic acids is 3. The van der Waals surface area contributed by atoms with Crippen molar-refractivity contribution in [2.75, 3.05) is 38.0 Å². The molecule has 9 nitrogen and oxygen atoms in total. The lowest BCUT2D eigenvalue weighted by molar-refractivity contribution is -0.148. The molecular weight excluding hydrogens is 556 g/mol. The number of hydrazine groups is 1. The van der Waals surface area contributed by atoms with E-state index in [9.17, 15) is 14.4 Å². The highest BCUT2D eigenvalue weighted by Crippen LogP contribution is 2.30. The van der Waals surface area contributed by atoms with E-state index in [1.165, 1.54) is 38.5 Å². The number of benzene rings is 1. The second kappa shape index (κ2) is 17.6. The molecule has 1 aliphatic heterocycles. The molecule has 0 radical (unpaired) electrons. The Kier molecular flexibility index (Phi) is 14.3. The third-order valence-corrected chi connectivity index (χ3v) is 8.26. The highest BCUT2D eigenvalue weighted by Gasteiger charge is 2.28. The summed E-state index contributed by atoms with van der Waals surface area (Å²) >= 11 is 0. The van der Waals surface area contributed by atoms with Crippen LogP contribution in [0.4, 0.5) is 5.69 Å².